The second-order valence-electron chi connectivity index (χ2n) is 7.47. The molecular weight excluding hydrogens is 505 g/mol. The number of likely N-dealkylation sites (tertiary alicyclic amines) is 1. The van der Waals surface area contributed by atoms with E-state index in [1.807, 2.05) is 62.4 Å². The molecule has 0 radical (unpaired) electrons. The van der Waals surface area contributed by atoms with E-state index in [9.17, 15) is 4.79 Å². The molecule has 0 spiro atoms. The number of nitrogens with zero attached hydrogens (tertiary/aromatic N) is 2. The predicted molar refractivity (Wildman–Crippen MR) is 135 cm³/mol. The third-order valence-corrected chi connectivity index (χ3v) is 5.09. The molecule has 1 aliphatic rings. The van der Waals surface area contributed by atoms with Gasteiger partial charge in [-0.1, -0.05) is 30.3 Å². The number of nitrogens with one attached hydrogen (secondary N) is 2. The van der Waals surface area contributed by atoms with Crippen molar-refractivity contribution in [1.29, 1.82) is 0 Å². The number of ether oxygens (including phenoxy) is 1. The number of primary amides is 1. The average molecular weight is 537 g/mol. The number of aliphatic imine (C=N–C) groups is 1. The maximum atomic E-state index is 11.3. The number of carbonyl (C=O) groups excluding carboxylic acids is 1. The molecule has 0 aromatic heterocycles. The molecule has 1 saturated heterocycles. The standard InChI is InChI=1S/C23H31N5O2.HI/c1-3-25-23(27-19-11-13-28(14-12-19)22(24)29)26-16-18-8-4-5-10-21(18)30-20-9-6-7-17(2)15-20;/h4-10,15,19H,3,11-14,16H2,1-2H3,(H2,24,29)(H2,25,26,27);1H. The summed E-state index contributed by atoms with van der Waals surface area (Å²) in [6, 6.07) is 15.9. The molecular formula is C23H32IN5O2. The Labute approximate surface area is 201 Å². The average Bonchev–Trinajstić information content (AvgIpc) is 2.73. The molecule has 4 N–H and O–H groups in total. The summed E-state index contributed by atoms with van der Waals surface area (Å²) in [6.45, 7) is 6.69. The highest BCUT2D eigenvalue weighted by atomic mass is 127. The largest absolute Gasteiger partial charge is 0.457 e. The Kier molecular flexibility index (Phi) is 9.90. The van der Waals surface area contributed by atoms with Gasteiger partial charge in [-0.25, -0.2) is 9.79 Å². The second-order valence-corrected chi connectivity index (χ2v) is 7.47. The number of aryl methyl sites for hydroxylation is 1. The fourth-order valence-corrected chi connectivity index (χ4v) is 3.46. The van der Waals surface area contributed by atoms with Gasteiger partial charge >= 0.3 is 6.03 Å². The number of guanidine groups is 1. The number of nitrogens with two attached hydrogens (primary N) is 1. The highest BCUT2D eigenvalue weighted by molar-refractivity contribution is 14.0. The van der Waals surface area contributed by atoms with E-state index < -0.39 is 0 Å². The van der Waals surface area contributed by atoms with Crippen LogP contribution in [0, 0.1) is 6.92 Å². The smallest absolute Gasteiger partial charge is 0.314 e. The van der Waals surface area contributed by atoms with Crippen LogP contribution in [0.4, 0.5) is 4.79 Å². The highest BCUT2D eigenvalue weighted by Gasteiger charge is 2.21. The van der Waals surface area contributed by atoms with Gasteiger partial charge in [0.25, 0.3) is 0 Å². The number of amides is 2. The van der Waals surface area contributed by atoms with Crippen molar-refractivity contribution >= 4 is 36.0 Å². The third kappa shape index (κ3) is 7.61. The monoisotopic (exact) mass is 537 g/mol. The van der Waals surface area contributed by atoms with E-state index in [2.05, 4.69) is 10.6 Å². The van der Waals surface area contributed by atoms with E-state index >= 15 is 0 Å². The van der Waals surface area contributed by atoms with Crippen LogP contribution in [0.3, 0.4) is 0 Å². The molecule has 2 aromatic carbocycles. The first kappa shape index (κ1) is 24.8. The normalized spacial score (nSPS) is 14.5. The van der Waals surface area contributed by atoms with Gasteiger partial charge in [0.2, 0.25) is 0 Å². The Balaban J connectivity index is 0.00000341. The summed E-state index contributed by atoms with van der Waals surface area (Å²) >= 11 is 0. The van der Waals surface area contributed by atoms with Crippen LogP contribution < -0.4 is 21.1 Å². The summed E-state index contributed by atoms with van der Waals surface area (Å²) in [7, 11) is 0. The molecule has 0 saturated carbocycles. The Hall–Kier alpha value is -2.49. The van der Waals surface area contributed by atoms with E-state index in [1.54, 1.807) is 4.90 Å². The van der Waals surface area contributed by atoms with Crippen molar-refractivity contribution < 1.29 is 9.53 Å². The number of piperidine rings is 1. The minimum Gasteiger partial charge on any atom is -0.457 e. The van der Waals surface area contributed by atoms with Gasteiger partial charge in [0.15, 0.2) is 5.96 Å². The van der Waals surface area contributed by atoms with Crippen molar-refractivity contribution in [2.45, 2.75) is 39.3 Å². The summed E-state index contributed by atoms with van der Waals surface area (Å²) in [5.41, 5.74) is 7.54. The summed E-state index contributed by atoms with van der Waals surface area (Å²) < 4.78 is 6.11. The van der Waals surface area contributed by atoms with E-state index in [-0.39, 0.29) is 36.0 Å². The van der Waals surface area contributed by atoms with Crippen LogP contribution in [0.5, 0.6) is 11.5 Å². The lowest BCUT2D eigenvalue weighted by atomic mass is 10.1. The Bertz CT molecular complexity index is 882. The summed E-state index contributed by atoms with van der Waals surface area (Å²) in [6.07, 6.45) is 1.70. The number of hydrogen-bond acceptors (Lipinski definition) is 3. The number of hydrogen-bond donors (Lipinski definition) is 3. The van der Waals surface area contributed by atoms with Crippen LogP contribution >= 0.6 is 24.0 Å². The van der Waals surface area contributed by atoms with Gasteiger partial charge in [0.05, 0.1) is 6.54 Å². The van der Waals surface area contributed by atoms with Crippen LogP contribution in [0.15, 0.2) is 53.5 Å². The molecule has 1 aliphatic heterocycles. The van der Waals surface area contributed by atoms with E-state index in [0.29, 0.717) is 19.6 Å². The van der Waals surface area contributed by atoms with Crippen molar-refractivity contribution in [3.8, 4) is 11.5 Å². The van der Waals surface area contributed by atoms with Gasteiger partial charge in [-0.15, -0.1) is 24.0 Å². The maximum Gasteiger partial charge on any atom is 0.314 e. The quantitative estimate of drug-likeness (QED) is 0.295. The summed E-state index contributed by atoms with van der Waals surface area (Å²) in [4.78, 5) is 17.7. The van der Waals surface area contributed by atoms with Crippen LogP contribution in [0.2, 0.25) is 0 Å². The molecule has 2 amide bonds. The maximum absolute atomic E-state index is 11.3. The molecule has 1 heterocycles. The third-order valence-electron chi connectivity index (χ3n) is 5.09. The van der Waals surface area contributed by atoms with Gasteiger partial charge in [-0.3, -0.25) is 0 Å². The topological polar surface area (TPSA) is 92.0 Å². The first-order chi connectivity index (χ1) is 14.5. The number of halogens is 1. The molecule has 3 rings (SSSR count). The zero-order valence-electron chi connectivity index (χ0n) is 18.1. The Morgan fingerprint density at radius 3 is 2.61 bits per heavy atom. The molecule has 8 heteroatoms. The van der Waals surface area contributed by atoms with Crippen LogP contribution in [-0.2, 0) is 6.54 Å². The van der Waals surface area contributed by atoms with Crippen molar-refractivity contribution in [2.24, 2.45) is 10.7 Å². The van der Waals surface area contributed by atoms with Crippen LogP contribution in [0.25, 0.3) is 0 Å². The molecule has 168 valence electrons. The zero-order chi connectivity index (χ0) is 21.3. The SMILES string of the molecule is CCNC(=NCc1ccccc1Oc1cccc(C)c1)NC1CCN(C(N)=O)CC1.I. The Morgan fingerprint density at radius 2 is 1.94 bits per heavy atom. The van der Waals surface area contributed by atoms with Gasteiger partial charge in [0.1, 0.15) is 11.5 Å². The van der Waals surface area contributed by atoms with Crippen molar-refractivity contribution in [1.82, 2.24) is 15.5 Å². The first-order valence-corrected chi connectivity index (χ1v) is 10.5. The summed E-state index contributed by atoms with van der Waals surface area (Å²) in [5.74, 6) is 2.38. The number of para-hydroxylation sites is 1. The molecule has 7 nitrogen and oxygen atoms in total. The number of rotatable bonds is 6. The molecule has 2 aromatic rings. The number of carbonyl (C=O) groups is 1. The van der Waals surface area contributed by atoms with E-state index in [0.717, 1.165) is 48.0 Å². The lowest BCUT2D eigenvalue weighted by molar-refractivity contribution is 0.188. The van der Waals surface area contributed by atoms with Crippen molar-refractivity contribution in [3.63, 3.8) is 0 Å². The van der Waals surface area contributed by atoms with E-state index in [4.69, 9.17) is 15.5 Å². The zero-order valence-corrected chi connectivity index (χ0v) is 20.5. The van der Waals surface area contributed by atoms with Crippen molar-refractivity contribution in [2.75, 3.05) is 19.6 Å². The lowest BCUT2D eigenvalue weighted by Gasteiger charge is -2.32. The van der Waals surface area contributed by atoms with Gasteiger partial charge in [-0.05, 0) is 50.5 Å². The number of benzene rings is 2. The fourth-order valence-electron chi connectivity index (χ4n) is 3.46. The minimum absolute atomic E-state index is 0. The molecule has 0 bridgehead atoms. The van der Waals surface area contributed by atoms with E-state index in [1.165, 1.54) is 0 Å². The first-order valence-electron chi connectivity index (χ1n) is 10.5. The molecule has 0 atom stereocenters. The fraction of sp³-hybridized carbons (Fsp3) is 0.391. The minimum atomic E-state index is -0.348. The summed E-state index contributed by atoms with van der Waals surface area (Å²) in [5, 5.41) is 6.79. The highest BCUT2D eigenvalue weighted by Crippen LogP contribution is 2.26. The molecule has 0 aliphatic carbocycles. The second kappa shape index (κ2) is 12.4. The molecule has 31 heavy (non-hydrogen) atoms. The van der Waals surface area contributed by atoms with Gasteiger partial charge in [-0.2, -0.15) is 0 Å². The molecule has 0 unspecified atom stereocenters. The van der Waals surface area contributed by atoms with Gasteiger partial charge in [0, 0.05) is 31.2 Å². The predicted octanol–water partition coefficient (Wildman–Crippen LogP) is 4.00. The van der Waals surface area contributed by atoms with Crippen LogP contribution in [0.1, 0.15) is 30.9 Å². The number of urea groups is 1. The van der Waals surface area contributed by atoms with Crippen LogP contribution in [-0.4, -0.2) is 42.6 Å². The Morgan fingerprint density at radius 1 is 1.19 bits per heavy atom. The van der Waals surface area contributed by atoms with Gasteiger partial charge < -0.3 is 26.0 Å². The molecule has 1 fully saturated rings. The van der Waals surface area contributed by atoms with Crippen molar-refractivity contribution in [3.05, 3.63) is 59.7 Å². The lowest BCUT2D eigenvalue weighted by Crippen LogP contribution is -2.50.